The number of carbonyl (C=O) groups excluding carboxylic acids is 4. The molecule has 7 nitrogen and oxygen atoms in total. The first-order chi connectivity index (χ1) is 15.9. The third-order valence-corrected chi connectivity index (χ3v) is 7.61. The molecule has 1 aromatic rings. The van der Waals surface area contributed by atoms with Gasteiger partial charge in [0.2, 0.25) is 17.7 Å². The number of hydrogen-bond donors (Lipinski definition) is 0. The summed E-state index contributed by atoms with van der Waals surface area (Å²) >= 11 is 6.51. The Kier molecular flexibility index (Phi) is 7.07. The number of likely N-dealkylation sites (tertiary alicyclic amines) is 2. The topological polar surface area (TPSA) is 84.0 Å². The van der Waals surface area contributed by atoms with Crippen LogP contribution in [0.3, 0.4) is 0 Å². The van der Waals surface area contributed by atoms with Gasteiger partial charge < -0.3 is 9.64 Å². The summed E-state index contributed by atoms with van der Waals surface area (Å²) < 4.78 is 5.15. The maximum atomic E-state index is 13.9. The molecule has 4 rings (SSSR count). The van der Waals surface area contributed by atoms with Gasteiger partial charge in [-0.25, -0.2) is 0 Å². The molecule has 2 heterocycles. The average molecular weight is 475 g/mol. The second-order valence-corrected chi connectivity index (χ2v) is 9.76. The van der Waals surface area contributed by atoms with Crippen LogP contribution in [0.2, 0.25) is 5.02 Å². The van der Waals surface area contributed by atoms with Crippen LogP contribution in [-0.4, -0.2) is 59.2 Å². The molecule has 178 valence electrons. The summed E-state index contributed by atoms with van der Waals surface area (Å²) in [6.45, 7) is 2.84. The fraction of sp³-hybridized carbons (Fsp3) is 0.600. The van der Waals surface area contributed by atoms with Crippen molar-refractivity contribution >= 4 is 35.3 Å². The molecule has 2 atom stereocenters. The summed E-state index contributed by atoms with van der Waals surface area (Å²) in [7, 11) is 0. The van der Waals surface area contributed by atoms with Crippen molar-refractivity contribution < 1.29 is 23.9 Å². The minimum atomic E-state index is -1.31. The fourth-order valence-corrected chi connectivity index (χ4v) is 5.93. The molecule has 0 radical (unpaired) electrons. The molecule has 33 heavy (non-hydrogen) atoms. The molecule has 0 bridgehead atoms. The number of benzene rings is 1. The summed E-state index contributed by atoms with van der Waals surface area (Å²) in [5.74, 6) is -1.45. The van der Waals surface area contributed by atoms with Gasteiger partial charge in [-0.15, -0.1) is 0 Å². The maximum absolute atomic E-state index is 13.9. The number of hydrogen-bond acceptors (Lipinski definition) is 5. The van der Waals surface area contributed by atoms with Crippen molar-refractivity contribution in [2.24, 2.45) is 5.92 Å². The minimum absolute atomic E-state index is 0.0625. The van der Waals surface area contributed by atoms with Crippen LogP contribution >= 0.6 is 11.6 Å². The number of piperidine rings is 1. The van der Waals surface area contributed by atoms with Gasteiger partial charge in [-0.1, -0.05) is 42.6 Å². The lowest BCUT2D eigenvalue weighted by Crippen LogP contribution is -2.48. The maximum Gasteiger partial charge on any atom is 0.310 e. The number of rotatable bonds is 6. The van der Waals surface area contributed by atoms with E-state index in [1.54, 1.807) is 36.1 Å². The SMILES string of the molecule is CCOC(=O)[C@@H]1CCCN(C(=O)C[C@@]2(c3ccccc3Cl)CC(=O)N(C3CCCC3)C2=O)C1. The highest BCUT2D eigenvalue weighted by molar-refractivity contribution is 6.32. The molecule has 0 aromatic heterocycles. The Morgan fingerprint density at radius 3 is 2.55 bits per heavy atom. The Labute approximate surface area is 199 Å². The van der Waals surface area contributed by atoms with E-state index in [1.807, 2.05) is 0 Å². The number of ether oxygens (including phenoxy) is 1. The molecule has 1 aromatic carbocycles. The van der Waals surface area contributed by atoms with Crippen LogP contribution < -0.4 is 0 Å². The molecule has 1 saturated carbocycles. The van der Waals surface area contributed by atoms with E-state index in [-0.39, 0.29) is 55.0 Å². The molecule has 2 saturated heterocycles. The molecular weight excluding hydrogens is 444 g/mol. The second kappa shape index (κ2) is 9.84. The monoisotopic (exact) mass is 474 g/mol. The number of amides is 3. The Morgan fingerprint density at radius 2 is 1.85 bits per heavy atom. The van der Waals surface area contributed by atoms with Crippen LogP contribution in [0.1, 0.15) is 63.9 Å². The molecule has 0 spiro atoms. The fourth-order valence-electron chi connectivity index (χ4n) is 5.61. The van der Waals surface area contributed by atoms with Crippen molar-refractivity contribution in [3.8, 4) is 0 Å². The lowest BCUT2D eigenvalue weighted by molar-refractivity contribution is -0.152. The third kappa shape index (κ3) is 4.52. The second-order valence-electron chi connectivity index (χ2n) is 9.35. The Balaban J connectivity index is 1.62. The van der Waals surface area contributed by atoms with Crippen LogP contribution in [-0.2, 0) is 29.3 Å². The van der Waals surface area contributed by atoms with Gasteiger partial charge in [0, 0.05) is 37.0 Å². The van der Waals surface area contributed by atoms with E-state index < -0.39 is 5.41 Å². The van der Waals surface area contributed by atoms with E-state index in [9.17, 15) is 19.2 Å². The smallest absolute Gasteiger partial charge is 0.310 e. The van der Waals surface area contributed by atoms with E-state index in [1.165, 1.54) is 4.90 Å². The number of halogens is 1. The van der Waals surface area contributed by atoms with Crippen LogP contribution in [0.25, 0.3) is 0 Å². The van der Waals surface area contributed by atoms with Gasteiger partial charge in [-0.05, 0) is 44.2 Å². The number of nitrogens with zero attached hydrogens (tertiary/aromatic N) is 2. The van der Waals surface area contributed by atoms with Crippen LogP contribution in [0.5, 0.6) is 0 Å². The standard InChI is InChI=1S/C25H31ClN2O5/c1-2-33-23(31)17-8-7-13-27(16-17)21(29)14-25(19-11-5-6-12-20(19)26)15-22(30)28(24(25)32)18-9-3-4-10-18/h5-6,11-12,17-18H,2-4,7-10,13-16H2,1H3/t17-,25+/m1/s1. The van der Waals surface area contributed by atoms with E-state index in [2.05, 4.69) is 0 Å². The summed E-state index contributed by atoms with van der Waals surface area (Å²) in [5, 5.41) is 0.378. The van der Waals surface area contributed by atoms with Crippen molar-refractivity contribution in [1.29, 1.82) is 0 Å². The summed E-state index contributed by atoms with van der Waals surface area (Å²) in [6, 6.07) is 6.88. The molecule has 3 amide bonds. The predicted octanol–water partition coefficient (Wildman–Crippen LogP) is 3.47. The van der Waals surface area contributed by atoms with Gasteiger partial charge >= 0.3 is 5.97 Å². The van der Waals surface area contributed by atoms with Gasteiger partial charge in [-0.2, -0.15) is 0 Å². The first-order valence-electron chi connectivity index (χ1n) is 11.9. The van der Waals surface area contributed by atoms with E-state index >= 15 is 0 Å². The molecule has 3 aliphatic rings. The van der Waals surface area contributed by atoms with Crippen LogP contribution in [0, 0.1) is 5.92 Å². The first kappa shape index (κ1) is 23.7. The zero-order valence-electron chi connectivity index (χ0n) is 19.1. The number of carbonyl (C=O) groups is 4. The van der Waals surface area contributed by atoms with Crippen molar-refractivity contribution in [3.63, 3.8) is 0 Å². The highest BCUT2D eigenvalue weighted by Crippen LogP contribution is 2.45. The predicted molar refractivity (Wildman–Crippen MR) is 122 cm³/mol. The summed E-state index contributed by atoms with van der Waals surface area (Å²) in [4.78, 5) is 55.8. The first-order valence-corrected chi connectivity index (χ1v) is 12.3. The van der Waals surface area contributed by atoms with E-state index in [4.69, 9.17) is 16.3 Å². The quantitative estimate of drug-likeness (QED) is 0.465. The zero-order valence-corrected chi connectivity index (χ0v) is 19.8. The Hall–Kier alpha value is -2.41. The molecule has 8 heteroatoms. The van der Waals surface area contributed by atoms with E-state index in [0.29, 0.717) is 36.6 Å². The molecule has 0 unspecified atom stereocenters. The Morgan fingerprint density at radius 1 is 1.12 bits per heavy atom. The van der Waals surface area contributed by atoms with E-state index in [0.717, 1.165) is 25.7 Å². The minimum Gasteiger partial charge on any atom is -0.466 e. The lowest BCUT2D eigenvalue weighted by atomic mass is 9.75. The van der Waals surface area contributed by atoms with Gasteiger partial charge in [0.25, 0.3) is 0 Å². The Bertz CT molecular complexity index is 944. The van der Waals surface area contributed by atoms with Crippen LogP contribution in [0.15, 0.2) is 24.3 Å². The lowest BCUT2D eigenvalue weighted by Gasteiger charge is -2.35. The van der Waals surface area contributed by atoms with Crippen molar-refractivity contribution in [1.82, 2.24) is 9.80 Å². The van der Waals surface area contributed by atoms with Crippen LogP contribution in [0.4, 0.5) is 0 Å². The van der Waals surface area contributed by atoms with Gasteiger partial charge in [0.1, 0.15) is 0 Å². The van der Waals surface area contributed by atoms with Gasteiger partial charge in [0.05, 0.1) is 17.9 Å². The highest BCUT2D eigenvalue weighted by atomic mass is 35.5. The van der Waals surface area contributed by atoms with Gasteiger partial charge in [-0.3, -0.25) is 24.1 Å². The normalized spacial score (nSPS) is 26.2. The van der Waals surface area contributed by atoms with Crippen molar-refractivity contribution in [2.75, 3.05) is 19.7 Å². The van der Waals surface area contributed by atoms with Crippen molar-refractivity contribution in [2.45, 2.75) is 69.7 Å². The molecule has 3 fully saturated rings. The molecule has 1 aliphatic carbocycles. The van der Waals surface area contributed by atoms with Crippen molar-refractivity contribution in [3.05, 3.63) is 34.9 Å². The largest absolute Gasteiger partial charge is 0.466 e. The number of esters is 1. The third-order valence-electron chi connectivity index (χ3n) is 7.28. The zero-order chi connectivity index (χ0) is 23.6. The molecule has 2 aliphatic heterocycles. The number of imide groups is 1. The molecule has 0 N–H and O–H groups in total. The molecular formula is C25H31ClN2O5. The van der Waals surface area contributed by atoms with Gasteiger partial charge in [0.15, 0.2) is 0 Å². The average Bonchev–Trinajstić information content (AvgIpc) is 3.41. The summed E-state index contributed by atoms with van der Waals surface area (Å²) in [5.41, 5.74) is -0.788. The summed E-state index contributed by atoms with van der Waals surface area (Å²) in [6.07, 6.45) is 4.74. The highest BCUT2D eigenvalue weighted by Gasteiger charge is 2.56.